The molecule has 6 rings (SSSR count). The maximum Gasteiger partial charge on any atom is 0.145 e. The van der Waals surface area contributed by atoms with Gasteiger partial charge in [-0.2, -0.15) is 5.10 Å². The fourth-order valence-corrected chi connectivity index (χ4v) is 5.05. The second-order valence-corrected chi connectivity index (χ2v) is 9.14. The smallest absolute Gasteiger partial charge is 0.145 e. The number of rotatable bonds is 5. The summed E-state index contributed by atoms with van der Waals surface area (Å²) in [5, 5.41) is 14.3. The lowest BCUT2D eigenvalue weighted by Crippen LogP contribution is -2.04. The number of ether oxygens (including phenoxy) is 1. The molecule has 0 bridgehead atoms. The third-order valence-electron chi connectivity index (χ3n) is 6.68. The van der Waals surface area contributed by atoms with Crippen molar-refractivity contribution in [3.8, 4) is 16.9 Å². The zero-order chi connectivity index (χ0) is 23.7. The first-order chi connectivity index (χ1) is 16.4. The average Bonchev–Trinajstić information content (AvgIpc) is 3.39. The molecule has 0 spiro atoms. The van der Waals surface area contributed by atoms with Gasteiger partial charge in [-0.1, -0.05) is 5.16 Å². The normalized spacial score (nSPS) is 13.8. The molecular formula is C25H27N7O2. The second kappa shape index (κ2) is 7.31. The van der Waals surface area contributed by atoms with Crippen molar-refractivity contribution in [1.82, 2.24) is 29.9 Å². The van der Waals surface area contributed by atoms with Crippen LogP contribution >= 0.6 is 0 Å². The summed E-state index contributed by atoms with van der Waals surface area (Å²) in [7, 11) is 3.65. The molecule has 0 radical (unpaired) electrons. The van der Waals surface area contributed by atoms with Gasteiger partial charge in [0.15, 0.2) is 0 Å². The number of aromatic nitrogens is 6. The topological polar surface area (TPSA) is 107 Å². The Balaban J connectivity index is 1.58. The highest BCUT2D eigenvalue weighted by Crippen LogP contribution is 2.46. The number of benzene rings is 1. The number of H-pyrrole nitrogens is 1. The molecule has 1 fully saturated rings. The number of hydrogen-bond donors (Lipinski definition) is 2. The van der Waals surface area contributed by atoms with Crippen LogP contribution in [0.3, 0.4) is 0 Å². The molecule has 2 N–H and O–H groups in total. The molecule has 9 nitrogen and oxygen atoms in total. The van der Waals surface area contributed by atoms with Gasteiger partial charge in [-0.3, -0.25) is 4.68 Å². The van der Waals surface area contributed by atoms with Crippen molar-refractivity contribution in [2.45, 2.75) is 46.5 Å². The Morgan fingerprint density at radius 1 is 1.12 bits per heavy atom. The maximum absolute atomic E-state index is 5.81. The number of anilines is 2. The fourth-order valence-electron chi connectivity index (χ4n) is 5.05. The molecule has 9 heteroatoms. The van der Waals surface area contributed by atoms with Crippen LogP contribution in [-0.2, 0) is 7.05 Å². The predicted molar refractivity (Wildman–Crippen MR) is 131 cm³/mol. The van der Waals surface area contributed by atoms with Crippen molar-refractivity contribution in [1.29, 1.82) is 0 Å². The lowest BCUT2D eigenvalue weighted by Gasteiger charge is -2.12. The van der Waals surface area contributed by atoms with Crippen molar-refractivity contribution < 1.29 is 9.26 Å². The molecule has 34 heavy (non-hydrogen) atoms. The van der Waals surface area contributed by atoms with Crippen molar-refractivity contribution in [3.63, 3.8) is 0 Å². The van der Waals surface area contributed by atoms with E-state index in [4.69, 9.17) is 19.2 Å². The summed E-state index contributed by atoms with van der Waals surface area (Å²) < 4.78 is 13.1. The lowest BCUT2D eigenvalue weighted by molar-refractivity contribution is 0.393. The Bertz CT molecular complexity index is 1570. The van der Waals surface area contributed by atoms with E-state index in [1.165, 1.54) is 18.4 Å². The third-order valence-corrected chi connectivity index (χ3v) is 6.68. The van der Waals surface area contributed by atoms with Crippen LogP contribution in [-0.4, -0.2) is 37.0 Å². The van der Waals surface area contributed by atoms with E-state index >= 15 is 0 Å². The molecule has 5 aromatic rings. The summed E-state index contributed by atoms with van der Waals surface area (Å²) in [4.78, 5) is 13.0. The number of aromatic amines is 1. The number of hydrogen-bond acceptors (Lipinski definition) is 7. The van der Waals surface area contributed by atoms with Crippen molar-refractivity contribution in [2.75, 3.05) is 12.4 Å². The summed E-state index contributed by atoms with van der Waals surface area (Å²) in [6.45, 7) is 7.83. The highest BCUT2D eigenvalue weighted by atomic mass is 16.5. The summed E-state index contributed by atoms with van der Waals surface area (Å²) in [6.07, 6.45) is 2.41. The van der Waals surface area contributed by atoms with Gasteiger partial charge in [-0.15, -0.1) is 0 Å². The average molecular weight is 458 g/mol. The summed E-state index contributed by atoms with van der Waals surface area (Å²) in [6, 6.07) is 4.11. The van der Waals surface area contributed by atoms with E-state index in [2.05, 4.69) is 33.5 Å². The maximum atomic E-state index is 5.81. The van der Waals surface area contributed by atoms with Crippen molar-refractivity contribution in [3.05, 3.63) is 40.7 Å². The van der Waals surface area contributed by atoms with Crippen LogP contribution in [0.5, 0.6) is 5.75 Å². The van der Waals surface area contributed by atoms with Gasteiger partial charge >= 0.3 is 0 Å². The first-order valence-electron chi connectivity index (χ1n) is 11.5. The molecule has 0 amide bonds. The SMILES string of the molecule is COc1cc2c(cc1-c1c(C)noc1C)[nH]c1nc(C)nc(Nc3c(C4CC4)c(C)nn3C)c12. The number of fused-ring (bicyclic) bond motifs is 3. The Morgan fingerprint density at radius 2 is 1.91 bits per heavy atom. The van der Waals surface area contributed by atoms with Crippen LogP contribution in [0.1, 0.15) is 47.3 Å². The number of methoxy groups -OCH3 is 1. The number of nitrogens with zero attached hydrogens (tertiary/aromatic N) is 5. The van der Waals surface area contributed by atoms with Crippen LogP contribution in [0.15, 0.2) is 16.7 Å². The molecule has 0 atom stereocenters. The molecule has 4 aromatic heterocycles. The minimum atomic E-state index is 0.565. The van der Waals surface area contributed by atoms with E-state index in [0.29, 0.717) is 11.7 Å². The van der Waals surface area contributed by atoms with Gasteiger partial charge in [-0.05, 0) is 58.6 Å². The van der Waals surface area contributed by atoms with Gasteiger partial charge in [-0.25, -0.2) is 9.97 Å². The monoisotopic (exact) mass is 457 g/mol. The predicted octanol–water partition coefficient (Wildman–Crippen LogP) is 5.36. The molecule has 0 saturated heterocycles. The van der Waals surface area contributed by atoms with E-state index in [9.17, 15) is 0 Å². The second-order valence-electron chi connectivity index (χ2n) is 9.14. The van der Waals surface area contributed by atoms with E-state index in [1.807, 2.05) is 38.6 Å². The highest BCUT2D eigenvalue weighted by Gasteiger charge is 2.31. The molecule has 1 aliphatic carbocycles. The summed E-state index contributed by atoms with van der Waals surface area (Å²) in [5.74, 6) is 4.49. The number of nitrogens with one attached hydrogen (secondary N) is 2. The summed E-state index contributed by atoms with van der Waals surface area (Å²) in [5.41, 5.74) is 6.76. The van der Waals surface area contributed by atoms with E-state index < -0.39 is 0 Å². The molecular weight excluding hydrogens is 430 g/mol. The van der Waals surface area contributed by atoms with Gasteiger partial charge in [0.05, 0.1) is 29.4 Å². The zero-order valence-electron chi connectivity index (χ0n) is 20.2. The quantitative estimate of drug-likeness (QED) is 0.366. The molecule has 1 aromatic carbocycles. The molecule has 1 aliphatic rings. The van der Waals surface area contributed by atoms with Gasteiger partial charge in [0.1, 0.15) is 34.6 Å². The van der Waals surface area contributed by atoms with Gasteiger partial charge in [0, 0.05) is 29.1 Å². The zero-order valence-corrected chi connectivity index (χ0v) is 20.2. The van der Waals surface area contributed by atoms with Crippen LogP contribution in [0.25, 0.3) is 33.1 Å². The first-order valence-corrected chi connectivity index (χ1v) is 11.5. The van der Waals surface area contributed by atoms with Crippen molar-refractivity contribution in [2.24, 2.45) is 7.05 Å². The van der Waals surface area contributed by atoms with Gasteiger partial charge in [0.25, 0.3) is 0 Å². The highest BCUT2D eigenvalue weighted by molar-refractivity contribution is 6.13. The van der Waals surface area contributed by atoms with E-state index in [-0.39, 0.29) is 0 Å². The molecule has 174 valence electrons. The molecule has 0 unspecified atom stereocenters. The van der Waals surface area contributed by atoms with Crippen LogP contribution in [0.4, 0.5) is 11.6 Å². The van der Waals surface area contributed by atoms with E-state index in [0.717, 1.165) is 67.6 Å². The standard InChI is InChI=1S/C25H27N7O2/c1-11-21(15-7-8-15)25(32(5)30-11)29-24-22-16-10-19(33-6)17(20-12(2)31-34-13(20)3)9-18(16)28-23(22)26-14(4)27-24/h9-10,15H,7-8H2,1-6H3,(H2,26,27,28,29). The molecule has 0 aliphatic heterocycles. The van der Waals surface area contributed by atoms with Crippen LogP contribution < -0.4 is 10.1 Å². The van der Waals surface area contributed by atoms with Gasteiger partial charge in [0.2, 0.25) is 0 Å². The van der Waals surface area contributed by atoms with Crippen LogP contribution in [0.2, 0.25) is 0 Å². The Morgan fingerprint density at radius 3 is 2.59 bits per heavy atom. The molecule has 4 heterocycles. The Hall–Kier alpha value is -3.88. The molecule has 1 saturated carbocycles. The Kier molecular flexibility index (Phi) is 4.45. The van der Waals surface area contributed by atoms with Gasteiger partial charge < -0.3 is 19.6 Å². The first kappa shape index (κ1) is 20.7. The minimum absolute atomic E-state index is 0.565. The largest absolute Gasteiger partial charge is 0.496 e. The van der Waals surface area contributed by atoms with Crippen LogP contribution in [0, 0.1) is 27.7 Å². The third kappa shape index (κ3) is 3.07. The van der Waals surface area contributed by atoms with E-state index in [1.54, 1.807) is 7.11 Å². The Labute approximate surface area is 196 Å². The minimum Gasteiger partial charge on any atom is -0.496 e. The number of aryl methyl sites for hydroxylation is 5. The lowest BCUT2D eigenvalue weighted by atomic mass is 10.0. The van der Waals surface area contributed by atoms with Crippen molar-refractivity contribution >= 4 is 33.6 Å². The summed E-state index contributed by atoms with van der Waals surface area (Å²) >= 11 is 0. The fraction of sp³-hybridized carbons (Fsp3) is 0.360.